The van der Waals surface area contributed by atoms with Crippen LogP contribution >= 0.6 is 0 Å². The molecule has 1 aromatic rings. The highest BCUT2D eigenvalue weighted by Gasteiger charge is 2.20. The lowest BCUT2D eigenvalue weighted by atomic mass is 10.1. The van der Waals surface area contributed by atoms with Crippen LogP contribution in [-0.2, 0) is 6.54 Å². The first-order chi connectivity index (χ1) is 9.60. The summed E-state index contributed by atoms with van der Waals surface area (Å²) < 4.78 is 0. The summed E-state index contributed by atoms with van der Waals surface area (Å²) in [5, 5.41) is 14.2. The normalized spacial score (nSPS) is 19.2. The minimum Gasteiger partial charge on any atom is -0.379 e. The van der Waals surface area contributed by atoms with Crippen LogP contribution in [-0.4, -0.2) is 29.5 Å². The van der Waals surface area contributed by atoms with E-state index in [1.807, 2.05) is 19.1 Å². The maximum atomic E-state index is 11.0. The van der Waals surface area contributed by atoms with Crippen LogP contribution in [0.15, 0.2) is 18.2 Å². The molecule has 5 heteroatoms. The molecule has 110 valence electrons. The molecule has 0 radical (unpaired) electrons. The van der Waals surface area contributed by atoms with E-state index in [9.17, 15) is 10.1 Å². The van der Waals surface area contributed by atoms with Gasteiger partial charge in [0, 0.05) is 25.7 Å². The molecule has 1 heterocycles. The predicted molar refractivity (Wildman–Crippen MR) is 80.9 cm³/mol. The highest BCUT2D eigenvalue weighted by atomic mass is 16.6. The monoisotopic (exact) mass is 277 g/mol. The molecule has 1 aromatic carbocycles. The molecule has 0 aromatic heterocycles. The van der Waals surface area contributed by atoms with Crippen molar-refractivity contribution in [2.45, 2.75) is 33.2 Å². The van der Waals surface area contributed by atoms with Crippen LogP contribution in [0.2, 0.25) is 0 Å². The van der Waals surface area contributed by atoms with E-state index >= 15 is 0 Å². The number of nitro benzene ring substituents is 1. The molecule has 0 amide bonds. The number of rotatable bonds is 6. The number of benzene rings is 1. The summed E-state index contributed by atoms with van der Waals surface area (Å²) in [6, 6.07) is 5.42. The van der Waals surface area contributed by atoms with Crippen molar-refractivity contribution in [3.05, 3.63) is 33.9 Å². The molecule has 5 nitrogen and oxygen atoms in total. The Balaban J connectivity index is 2.11. The van der Waals surface area contributed by atoms with Crippen molar-refractivity contribution in [1.29, 1.82) is 0 Å². The first-order valence-electron chi connectivity index (χ1n) is 7.33. The Labute approximate surface area is 120 Å². The van der Waals surface area contributed by atoms with Gasteiger partial charge in [-0.3, -0.25) is 15.0 Å². The number of anilines is 1. The average molecular weight is 277 g/mol. The second kappa shape index (κ2) is 6.70. The fourth-order valence-corrected chi connectivity index (χ4v) is 2.67. The first-order valence-corrected chi connectivity index (χ1v) is 7.33. The van der Waals surface area contributed by atoms with Gasteiger partial charge in [0.15, 0.2) is 0 Å². The molecule has 1 aliphatic rings. The third-order valence-corrected chi connectivity index (χ3v) is 3.74. The van der Waals surface area contributed by atoms with E-state index in [1.54, 1.807) is 6.07 Å². The standard InChI is InChI=1S/C15H23N3O2/c1-3-7-16-14-9-13(4-5-15(14)18(19)20)11-17-8-6-12(2)10-17/h4-5,9,12,16H,3,6-8,10-11H2,1-2H3. The SMILES string of the molecule is CCCNc1cc(CN2CCC(C)C2)ccc1[N+](=O)[O-]. The van der Waals surface area contributed by atoms with E-state index in [0.717, 1.165) is 44.1 Å². The number of nitrogens with one attached hydrogen (secondary N) is 1. The molecule has 1 fully saturated rings. The van der Waals surface area contributed by atoms with E-state index in [2.05, 4.69) is 17.1 Å². The summed E-state index contributed by atoms with van der Waals surface area (Å²) in [7, 11) is 0. The third kappa shape index (κ3) is 3.70. The van der Waals surface area contributed by atoms with Gasteiger partial charge >= 0.3 is 0 Å². The summed E-state index contributed by atoms with van der Waals surface area (Å²) in [5.74, 6) is 0.755. The molecule has 1 N–H and O–H groups in total. The zero-order chi connectivity index (χ0) is 14.5. The van der Waals surface area contributed by atoms with E-state index in [4.69, 9.17) is 0 Å². The van der Waals surface area contributed by atoms with Crippen molar-refractivity contribution >= 4 is 11.4 Å². The van der Waals surface area contributed by atoms with Crippen molar-refractivity contribution in [3.8, 4) is 0 Å². The molecule has 0 bridgehead atoms. The molecule has 0 aliphatic carbocycles. The topological polar surface area (TPSA) is 58.4 Å². The maximum absolute atomic E-state index is 11.0. The van der Waals surface area contributed by atoms with Crippen molar-refractivity contribution in [2.75, 3.05) is 25.0 Å². The summed E-state index contributed by atoms with van der Waals surface area (Å²) in [6.07, 6.45) is 2.19. The second-order valence-electron chi connectivity index (χ2n) is 5.66. The smallest absolute Gasteiger partial charge is 0.292 e. The molecule has 0 spiro atoms. The van der Waals surface area contributed by atoms with Gasteiger partial charge in [-0.05, 0) is 36.9 Å². The Morgan fingerprint density at radius 2 is 2.30 bits per heavy atom. The fraction of sp³-hybridized carbons (Fsp3) is 0.600. The molecule has 2 rings (SSSR count). The van der Waals surface area contributed by atoms with Gasteiger partial charge in [-0.25, -0.2) is 0 Å². The van der Waals surface area contributed by atoms with Gasteiger partial charge in [0.05, 0.1) is 4.92 Å². The lowest BCUT2D eigenvalue weighted by Crippen LogP contribution is -2.19. The van der Waals surface area contributed by atoms with Gasteiger partial charge < -0.3 is 5.32 Å². The van der Waals surface area contributed by atoms with Crippen LogP contribution in [0.1, 0.15) is 32.3 Å². The fourth-order valence-electron chi connectivity index (χ4n) is 2.67. The van der Waals surface area contributed by atoms with Crippen LogP contribution < -0.4 is 5.32 Å². The molecule has 0 saturated carbocycles. The Hall–Kier alpha value is -1.62. The predicted octanol–water partition coefficient (Wildman–Crippen LogP) is 3.26. The van der Waals surface area contributed by atoms with E-state index in [1.165, 1.54) is 6.42 Å². The van der Waals surface area contributed by atoms with Gasteiger partial charge in [0.1, 0.15) is 5.69 Å². The van der Waals surface area contributed by atoms with Gasteiger partial charge in [0.2, 0.25) is 0 Å². The highest BCUT2D eigenvalue weighted by Crippen LogP contribution is 2.27. The van der Waals surface area contributed by atoms with Gasteiger partial charge in [0.25, 0.3) is 5.69 Å². The Kier molecular flexibility index (Phi) is 4.95. The van der Waals surface area contributed by atoms with E-state index in [-0.39, 0.29) is 10.6 Å². The second-order valence-corrected chi connectivity index (χ2v) is 5.66. The van der Waals surface area contributed by atoms with Crippen molar-refractivity contribution < 1.29 is 4.92 Å². The number of hydrogen-bond donors (Lipinski definition) is 1. The summed E-state index contributed by atoms with van der Waals surface area (Å²) in [6.45, 7) is 8.19. The average Bonchev–Trinajstić information content (AvgIpc) is 2.81. The third-order valence-electron chi connectivity index (χ3n) is 3.74. The molecule has 1 aliphatic heterocycles. The number of nitro groups is 1. The minimum absolute atomic E-state index is 0.164. The Morgan fingerprint density at radius 1 is 1.50 bits per heavy atom. The quantitative estimate of drug-likeness (QED) is 0.640. The lowest BCUT2D eigenvalue weighted by Gasteiger charge is -2.16. The molecule has 1 unspecified atom stereocenters. The van der Waals surface area contributed by atoms with Gasteiger partial charge in [-0.1, -0.05) is 19.9 Å². The summed E-state index contributed by atoms with van der Waals surface area (Å²) >= 11 is 0. The van der Waals surface area contributed by atoms with Crippen LogP contribution in [0.25, 0.3) is 0 Å². The van der Waals surface area contributed by atoms with Crippen molar-refractivity contribution in [2.24, 2.45) is 5.92 Å². The van der Waals surface area contributed by atoms with Crippen LogP contribution in [0.3, 0.4) is 0 Å². The highest BCUT2D eigenvalue weighted by molar-refractivity contribution is 5.62. The first kappa shape index (κ1) is 14.8. The van der Waals surface area contributed by atoms with E-state index < -0.39 is 0 Å². The summed E-state index contributed by atoms with van der Waals surface area (Å²) in [4.78, 5) is 13.1. The molecule has 1 atom stereocenters. The molecule has 1 saturated heterocycles. The van der Waals surface area contributed by atoms with Crippen LogP contribution in [0, 0.1) is 16.0 Å². The Morgan fingerprint density at radius 3 is 2.90 bits per heavy atom. The van der Waals surface area contributed by atoms with Gasteiger partial charge in [-0.15, -0.1) is 0 Å². The zero-order valence-electron chi connectivity index (χ0n) is 12.3. The minimum atomic E-state index is -0.320. The maximum Gasteiger partial charge on any atom is 0.292 e. The molecular formula is C15H23N3O2. The number of nitrogens with zero attached hydrogens (tertiary/aromatic N) is 2. The van der Waals surface area contributed by atoms with Crippen molar-refractivity contribution in [1.82, 2.24) is 4.90 Å². The number of hydrogen-bond acceptors (Lipinski definition) is 4. The largest absolute Gasteiger partial charge is 0.379 e. The van der Waals surface area contributed by atoms with Gasteiger partial charge in [-0.2, -0.15) is 0 Å². The zero-order valence-corrected chi connectivity index (χ0v) is 12.3. The van der Waals surface area contributed by atoms with Crippen LogP contribution in [0.5, 0.6) is 0 Å². The lowest BCUT2D eigenvalue weighted by molar-refractivity contribution is -0.384. The van der Waals surface area contributed by atoms with Crippen molar-refractivity contribution in [3.63, 3.8) is 0 Å². The molecule has 20 heavy (non-hydrogen) atoms. The summed E-state index contributed by atoms with van der Waals surface area (Å²) in [5.41, 5.74) is 1.95. The Bertz CT molecular complexity index is 476. The van der Waals surface area contributed by atoms with Crippen LogP contribution in [0.4, 0.5) is 11.4 Å². The van der Waals surface area contributed by atoms with E-state index in [0.29, 0.717) is 5.69 Å². The molecular weight excluding hydrogens is 254 g/mol. The number of likely N-dealkylation sites (tertiary alicyclic amines) is 1.